The zero-order valence-corrected chi connectivity index (χ0v) is 16.5. The highest BCUT2D eigenvalue weighted by Crippen LogP contribution is 2.19. The highest BCUT2D eigenvalue weighted by molar-refractivity contribution is 5.94. The Kier molecular flexibility index (Phi) is 6.30. The fraction of sp³-hybridized carbons (Fsp3) is 0.435. The minimum Gasteiger partial charge on any atom is -0.491 e. The van der Waals surface area contributed by atoms with Crippen LogP contribution in [0, 0.1) is 13.8 Å². The van der Waals surface area contributed by atoms with Crippen LogP contribution in [0.1, 0.15) is 39.5 Å². The van der Waals surface area contributed by atoms with Crippen LogP contribution in [-0.4, -0.2) is 48.1 Å². The van der Waals surface area contributed by atoms with Gasteiger partial charge in [0.2, 0.25) is 0 Å². The number of nitrogens with zero attached hydrogens (tertiary/aromatic N) is 1. The summed E-state index contributed by atoms with van der Waals surface area (Å²) in [6.07, 6.45) is 1.32. The van der Waals surface area contributed by atoms with Gasteiger partial charge >= 0.3 is 0 Å². The number of benzene rings is 2. The molecule has 1 N–H and O–H groups in total. The van der Waals surface area contributed by atoms with Crippen molar-refractivity contribution in [3.05, 3.63) is 64.2 Å². The summed E-state index contributed by atoms with van der Waals surface area (Å²) in [7, 11) is 0. The van der Waals surface area contributed by atoms with Gasteiger partial charge in [-0.15, -0.1) is 0 Å². The number of β-amino-alcohol motifs (C(OH)–C–C–N with tert-alkyl or cyclic N) is 1. The van der Waals surface area contributed by atoms with E-state index < -0.39 is 6.10 Å². The normalized spacial score (nSPS) is 15.7. The molecule has 2 aromatic rings. The molecular weight excluding hydrogens is 338 g/mol. The predicted octanol–water partition coefficient (Wildman–Crippen LogP) is 3.35. The van der Waals surface area contributed by atoms with Crippen LogP contribution in [0.4, 0.5) is 0 Å². The van der Waals surface area contributed by atoms with Gasteiger partial charge in [0.15, 0.2) is 5.78 Å². The molecule has 0 aromatic heterocycles. The van der Waals surface area contributed by atoms with E-state index in [2.05, 4.69) is 17.0 Å². The molecule has 144 valence electrons. The number of hydrogen-bond donors (Lipinski definition) is 1. The minimum absolute atomic E-state index is 0.109. The number of ketones is 1. The monoisotopic (exact) mass is 367 g/mol. The maximum atomic E-state index is 11.6. The number of aliphatic hydroxyl groups is 1. The second-order valence-electron chi connectivity index (χ2n) is 7.63. The van der Waals surface area contributed by atoms with Gasteiger partial charge in [-0.25, -0.2) is 0 Å². The Morgan fingerprint density at radius 1 is 1.07 bits per heavy atom. The summed E-state index contributed by atoms with van der Waals surface area (Å²) in [5.74, 6) is 0.921. The largest absolute Gasteiger partial charge is 0.491 e. The Labute approximate surface area is 161 Å². The van der Waals surface area contributed by atoms with E-state index in [1.165, 1.54) is 11.1 Å². The molecule has 27 heavy (non-hydrogen) atoms. The fourth-order valence-corrected chi connectivity index (χ4v) is 3.73. The molecule has 1 atom stereocenters. The van der Waals surface area contributed by atoms with Crippen molar-refractivity contribution in [2.45, 2.75) is 39.7 Å². The number of carbonyl (C=O) groups is 1. The zero-order valence-electron chi connectivity index (χ0n) is 16.5. The SMILES string of the molecule is CC(=O)c1ccc2c(c1)CCN(C[C@@H](O)COc1cc(C)cc(C)c1)CC2. The Morgan fingerprint density at radius 3 is 2.41 bits per heavy atom. The summed E-state index contributed by atoms with van der Waals surface area (Å²) in [5, 5.41) is 10.4. The molecular formula is C23H29NO3. The van der Waals surface area contributed by atoms with Crippen molar-refractivity contribution in [2.24, 2.45) is 0 Å². The highest BCUT2D eigenvalue weighted by Gasteiger charge is 2.18. The Bertz CT molecular complexity index is 795. The quantitative estimate of drug-likeness (QED) is 0.796. The van der Waals surface area contributed by atoms with Crippen LogP contribution in [0.5, 0.6) is 5.75 Å². The lowest BCUT2D eigenvalue weighted by Crippen LogP contribution is -2.37. The van der Waals surface area contributed by atoms with Crippen molar-refractivity contribution in [1.29, 1.82) is 0 Å². The lowest BCUT2D eigenvalue weighted by Gasteiger charge is -2.23. The number of rotatable bonds is 6. The Balaban J connectivity index is 1.53. The number of fused-ring (bicyclic) bond motifs is 1. The van der Waals surface area contributed by atoms with Gasteiger partial charge in [0.25, 0.3) is 0 Å². The molecule has 1 aliphatic heterocycles. The Morgan fingerprint density at radius 2 is 1.74 bits per heavy atom. The lowest BCUT2D eigenvalue weighted by atomic mass is 9.99. The predicted molar refractivity (Wildman–Crippen MR) is 108 cm³/mol. The topological polar surface area (TPSA) is 49.8 Å². The molecule has 4 nitrogen and oxygen atoms in total. The molecule has 0 radical (unpaired) electrons. The van der Waals surface area contributed by atoms with E-state index in [1.807, 2.05) is 38.1 Å². The molecule has 0 fully saturated rings. The maximum absolute atomic E-state index is 11.6. The second kappa shape index (κ2) is 8.68. The van der Waals surface area contributed by atoms with Gasteiger partial charge in [0.05, 0.1) is 0 Å². The van der Waals surface area contributed by atoms with Gasteiger partial charge in [-0.1, -0.05) is 18.2 Å². The van der Waals surface area contributed by atoms with Crippen molar-refractivity contribution < 1.29 is 14.6 Å². The summed E-state index contributed by atoms with van der Waals surface area (Å²) in [4.78, 5) is 13.9. The molecule has 2 aromatic carbocycles. The van der Waals surface area contributed by atoms with Crippen LogP contribution < -0.4 is 4.74 Å². The van der Waals surface area contributed by atoms with E-state index in [9.17, 15) is 9.90 Å². The van der Waals surface area contributed by atoms with E-state index >= 15 is 0 Å². The number of hydrogen-bond acceptors (Lipinski definition) is 4. The molecule has 0 unspecified atom stereocenters. The number of Topliss-reactive ketones (excluding diaryl/α,β-unsaturated/α-hetero) is 1. The third-order valence-electron chi connectivity index (χ3n) is 5.11. The smallest absolute Gasteiger partial charge is 0.159 e. The molecule has 3 rings (SSSR count). The van der Waals surface area contributed by atoms with Crippen molar-refractivity contribution in [2.75, 3.05) is 26.2 Å². The summed E-state index contributed by atoms with van der Waals surface area (Å²) in [6.45, 7) is 8.38. The number of aryl methyl sites for hydroxylation is 2. The minimum atomic E-state index is -0.528. The van der Waals surface area contributed by atoms with E-state index in [1.54, 1.807) is 6.92 Å². The standard InChI is InChI=1S/C23H29NO3/c1-16-10-17(2)12-23(11-16)27-15-22(26)14-24-8-6-19-4-5-20(18(3)25)13-21(19)7-9-24/h4-5,10-13,22,26H,6-9,14-15H2,1-3H3/t22-/m1/s1. The van der Waals surface area contributed by atoms with E-state index in [-0.39, 0.29) is 5.78 Å². The molecule has 0 amide bonds. The summed E-state index contributed by atoms with van der Waals surface area (Å²) < 4.78 is 5.79. The second-order valence-corrected chi connectivity index (χ2v) is 7.63. The first kappa shape index (κ1) is 19.6. The van der Waals surface area contributed by atoms with Crippen LogP contribution in [-0.2, 0) is 12.8 Å². The van der Waals surface area contributed by atoms with Crippen LogP contribution in [0.15, 0.2) is 36.4 Å². The molecule has 0 saturated heterocycles. The van der Waals surface area contributed by atoms with Gasteiger partial charge in [-0.2, -0.15) is 0 Å². The van der Waals surface area contributed by atoms with Gasteiger partial charge < -0.3 is 9.84 Å². The average Bonchev–Trinajstić information content (AvgIpc) is 2.81. The number of aliphatic hydroxyl groups excluding tert-OH is 1. The van der Waals surface area contributed by atoms with E-state index in [4.69, 9.17) is 4.74 Å². The molecule has 0 bridgehead atoms. The number of carbonyl (C=O) groups excluding carboxylic acids is 1. The van der Waals surface area contributed by atoms with Crippen molar-refractivity contribution >= 4 is 5.78 Å². The fourth-order valence-electron chi connectivity index (χ4n) is 3.73. The van der Waals surface area contributed by atoms with E-state index in [0.29, 0.717) is 13.2 Å². The average molecular weight is 367 g/mol. The zero-order chi connectivity index (χ0) is 19.4. The molecule has 4 heteroatoms. The van der Waals surface area contributed by atoms with Crippen LogP contribution in [0.25, 0.3) is 0 Å². The Hall–Kier alpha value is -2.17. The van der Waals surface area contributed by atoms with Gasteiger partial charge in [0, 0.05) is 25.2 Å². The lowest BCUT2D eigenvalue weighted by molar-refractivity contribution is 0.0696. The van der Waals surface area contributed by atoms with Crippen LogP contribution >= 0.6 is 0 Å². The van der Waals surface area contributed by atoms with Crippen molar-refractivity contribution in [3.63, 3.8) is 0 Å². The number of ether oxygens (including phenoxy) is 1. The molecule has 0 saturated carbocycles. The van der Waals surface area contributed by atoms with Gasteiger partial charge in [-0.3, -0.25) is 9.69 Å². The van der Waals surface area contributed by atoms with Gasteiger partial charge in [0.1, 0.15) is 18.5 Å². The highest BCUT2D eigenvalue weighted by atomic mass is 16.5. The molecule has 1 aliphatic rings. The first-order chi connectivity index (χ1) is 12.9. The summed E-state index contributed by atoms with van der Waals surface area (Å²) >= 11 is 0. The van der Waals surface area contributed by atoms with Crippen LogP contribution in [0.3, 0.4) is 0 Å². The van der Waals surface area contributed by atoms with Crippen molar-refractivity contribution in [1.82, 2.24) is 4.90 Å². The first-order valence-electron chi connectivity index (χ1n) is 9.65. The van der Waals surface area contributed by atoms with Crippen molar-refractivity contribution in [3.8, 4) is 5.75 Å². The summed E-state index contributed by atoms with van der Waals surface area (Å²) in [5.41, 5.74) is 5.67. The van der Waals surface area contributed by atoms with Crippen LogP contribution in [0.2, 0.25) is 0 Å². The maximum Gasteiger partial charge on any atom is 0.159 e. The third-order valence-corrected chi connectivity index (χ3v) is 5.11. The first-order valence-corrected chi connectivity index (χ1v) is 9.65. The molecule has 0 spiro atoms. The molecule has 1 heterocycles. The summed E-state index contributed by atoms with van der Waals surface area (Å²) in [6, 6.07) is 12.1. The van der Waals surface area contributed by atoms with Gasteiger partial charge in [-0.05, 0) is 74.1 Å². The van der Waals surface area contributed by atoms with E-state index in [0.717, 1.165) is 48.4 Å². The molecule has 0 aliphatic carbocycles. The third kappa shape index (κ3) is 5.41.